The van der Waals surface area contributed by atoms with Crippen LogP contribution < -0.4 is 4.90 Å². The highest BCUT2D eigenvalue weighted by Crippen LogP contribution is 2.52. The van der Waals surface area contributed by atoms with Crippen LogP contribution in [0.15, 0.2) is 43.5 Å². The molecule has 1 aliphatic rings. The summed E-state index contributed by atoms with van der Waals surface area (Å²) in [5.74, 6) is 0.0354. The highest BCUT2D eigenvalue weighted by atomic mass is 15.1. The van der Waals surface area contributed by atoms with Crippen molar-refractivity contribution < 1.29 is 0 Å². The lowest BCUT2D eigenvalue weighted by atomic mass is 9.89. The Kier molecular flexibility index (Phi) is 4.19. The molecule has 0 spiro atoms. The molecule has 1 aromatic heterocycles. The first-order valence-corrected chi connectivity index (χ1v) is 9.79. The quantitative estimate of drug-likeness (QED) is 0.523. The molecule has 142 valence electrons. The van der Waals surface area contributed by atoms with Crippen LogP contribution >= 0.6 is 0 Å². The largest absolute Gasteiger partial charge is 0.376 e. The van der Waals surface area contributed by atoms with E-state index in [1.807, 2.05) is 0 Å². The Morgan fingerprint density at radius 2 is 1.36 bits per heavy atom. The Morgan fingerprint density at radius 3 is 1.89 bits per heavy atom. The van der Waals surface area contributed by atoms with E-state index in [1.165, 1.54) is 33.4 Å². The summed E-state index contributed by atoms with van der Waals surface area (Å²) in [6.45, 7) is 17.8. The van der Waals surface area contributed by atoms with Crippen LogP contribution in [0.2, 0.25) is 0 Å². The Hall–Kier alpha value is -2.87. The van der Waals surface area contributed by atoms with Gasteiger partial charge in [-0.05, 0) is 84.4 Å². The van der Waals surface area contributed by atoms with Crippen molar-refractivity contribution in [2.75, 3.05) is 19.0 Å². The molecule has 28 heavy (non-hydrogen) atoms. The van der Waals surface area contributed by atoms with Crippen molar-refractivity contribution in [2.45, 2.75) is 33.6 Å². The molecule has 3 aromatic rings. The lowest BCUT2D eigenvalue weighted by Crippen LogP contribution is -2.10. The topological polar surface area (TPSA) is 16.1 Å². The van der Waals surface area contributed by atoms with Crippen LogP contribution in [0, 0.1) is 27.7 Å². The number of anilines is 1. The minimum absolute atomic E-state index is 0.0354. The molecule has 0 saturated carbocycles. The van der Waals surface area contributed by atoms with Gasteiger partial charge in [-0.3, -0.25) is 0 Å². The fourth-order valence-corrected chi connectivity index (χ4v) is 4.64. The maximum Gasteiger partial charge on any atom is 0.0938 e. The number of fused-ring (bicyclic) bond motifs is 2. The van der Waals surface area contributed by atoms with Crippen molar-refractivity contribution in [3.63, 3.8) is 0 Å². The van der Waals surface area contributed by atoms with Gasteiger partial charge in [0, 0.05) is 19.5 Å². The van der Waals surface area contributed by atoms with E-state index < -0.39 is 0 Å². The van der Waals surface area contributed by atoms with Crippen molar-refractivity contribution in [3.8, 4) is 0 Å². The second-order valence-corrected chi connectivity index (χ2v) is 8.21. The lowest BCUT2D eigenvalue weighted by Gasteiger charge is -2.18. The Bertz CT molecular complexity index is 1120. The van der Waals surface area contributed by atoms with Crippen LogP contribution in [0.5, 0.6) is 0 Å². The zero-order valence-electron chi connectivity index (χ0n) is 17.8. The van der Waals surface area contributed by atoms with Gasteiger partial charge < -0.3 is 4.90 Å². The van der Waals surface area contributed by atoms with Crippen molar-refractivity contribution in [1.29, 1.82) is 0 Å². The molecule has 0 bridgehead atoms. The molecule has 0 amide bonds. The second kappa shape index (κ2) is 6.34. The zero-order valence-corrected chi connectivity index (χ0v) is 17.8. The first-order chi connectivity index (χ1) is 13.2. The predicted molar refractivity (Wildman–Crippen MR) is 122 cm³/mol. The van der Waals surface area contributed by atoms with Crippen LogP contribution in [0.1, 0.15) is 45.0 Å². The maximum absolute atomic E-state index is 5.10. The standard InChI is InChI=1S/C26H28N2/c1-14-15(2)17(4)25-19(6)23(18(5)24(25)16(14)3)21-13-12-20-10-9-11-22(28(7)8)26(20)27-21/h9-13,23H,5-6H2,1-4,7-8H3. The summed E-state index contributed by atoms with van der Waals surface area (Å²) in [4.78, 5) is 7.22. The van der Waals surface area contributed by atoms with E-state index in [2.05, 4.69) is 90.2 Å². The molecule has 2 nitrogen and oxygen atoms in total. The molecule has 1 heterocycles. The van der Waals surface area contributed by atoms with Gasteiger partial charge in [-0.25, -0.2) is 4.98 Å². The molecule has 4 rings (SSSR count). The first-order valence-electron chi connectivity index (χ1n) is 9.79. The van der Waals surface area contributed by atoms with E-state index in [9.17, 15) is 0 Å². The Balaban J connectivity index is 1.93. The number of allylic oxidation sites excluding steroid dienone is 2. The average Bonchev–Trinajstić information content (AvgIpc) is 2.94. The van der Waals surface area contributed by atoms with E-state index in [4.69, 9.17) is 4.98 Å². The lowest BCUT2D eigenvalue weighted by molar-refractivity contribution is 1.06. The molecule has 0 unspecified atom stereocenters. The minimum atomic E-state index is 0.0354. The Labute approximate surface area is 168 Å². The third-order valence-corrected chi connectivity index (χ3v) is 6.52. The normalized spacial score (nSPS) is 14.1. The number of hydrogen-bond acceptors (Lipinski definition) is 2. The number of aromatic nitrogens is 1. The SMILES string of the molecule is C=C1c2c(C)c(C)c(C)c(C)c2C(=C)C1c1ccc2cccc(N(C)C)c2n1. The van der Waals surface area contributed by atoms with E-state index in [1.54, 1.807) is 0 Å². The fourth-order valence-electron chi connectivity index (χ4n) is 4.64. The number of nitrogens with zero attached hydrogens (tertiary/aromatic N) is 2. The summed E-state index contributed by atoms with van der Waals surface area (Å²) in [7, 11) is 4.12. The maximum atomic E-state index is 5.10. The summed E-state index contributed by atoms with van der Waals surface area (Å²) in [5, 5.41) is 1.15. The van der Waals surface area contributed by atoms with Gasteiger partial charge in [-0.15, -0.1) is 0 Å². The fraction of sp³-hybridized carbons (Fsp3) is 0.269. The van der Waals surface area contributed by atoms with Gasteiger partial charge in [0.1, 0.15) is 0 Å². The number of rotatable bonds is 2. The van der Waals surface area contributed by atoms with Crippen molar-refractivity contribution >= 4 is 27.7 Å². The molecule has 2 aromatic carbocycles. The third-order valence-electron chi connectivity index (χ3n) is 6.52. The second-order valence-electron chi connectivity index (χ2n) is 8.21. The van der Waals surface area contributed by atoms with E-state index >= 15 is 0 Å². The predicted octanol–water partition coefficient (Wildman–Crippen LogP) is 6.36. The summed E-state index contributed by atoms with van der Waals surface area (Å²) in [6, 6.07) is 10.6. The number of pyridine rings is 1. The van der Waals surface area contributed by atoms with Crippen molar-refractivity contribution in [1.82, 2.24) is 4.98 Å². The average molecular weight is 369 g/mol. The molecular formula is C26H28N2. The number of hydrogen-bond donors (Lipinski definition) is 0. The molecule has 1 aliphatic carbocycles. The van der Waals surface area contributed by atoms with Gasteiger partial charge >= 0.3 is 0 Å². The first kappa shape index (κ1) is 18.5. The molecule has 0 atom stereocenters. The molecule has 2 heteroatoms. The van der Waals surface area contributed by atoms with Crippen LogP contribution in [0.3, 0.4) is 0 Å². The molecule has 0 saturated heterocycles. The molecular weight excluding hydrogens is 340 g/mol. The van der Waals surface area contributed by atoms with Gasteiger partial charge in [-0.1, -0.05) is 31.4 Å². The summed E-state index contributed by atoms with van der Waals surface area (Å²) < 4.78 is 0. The summed E-state index contributed by atoms with van der Waals surface area (Å²) in [5.41, 5.74) is 13.3. The van der Waals surface area contributed by atoms with E-state index in [0.29, 0.717) is 0 Å². The van der Waals surface area contributed by atoms with Crippen LogP contribution in [-0.2, 0) is 0 Å². The summed E-state index contributed by atoms with van der Waals surface area (Å²) in [6.07, 6.45) is 0. The van der Waals surface area contributed by atoms with Crippen LogP contribution in [-0.4, -0.2) is 19.1 Å². The molecule has 0 radical (unpaired) electrons. The van der Waals surface area contributed by atoms with Gasteiger partial charge in [-0.2, -0.15) is 0 Å². The summed E-state index contributed by atoms with van der Waals surface area (Å²) >= 11 is 0. The minimum Gasteiger partial charge on any atom is -0.376 e. The number of para-hydroxylation sites is 1. The monoisotopic (exact) mass is 368 g/mol. The van der Waals surface area contributed by atoms with Gasteiger partial charge in [0.05, 0.1) is 22.8 Å². The van der Waals surface area contributed by atoms with Crippen molar-refractivity contribution in [3.05, 3.63) is 82.6 Å². The smallest absolute Gasteiger partial charge is 0.0938 e. The molecule has 0 aliphatic heterocycles. The van der Waals surface area contributed by atoms with Crippen LogP contribution in [0.25, 0.3) is 22.0 Å². The molecule has 0 N–H and O–H groups in total. The zero-order chi connectivity index (χ0) is 20.3. The highest BCUT2D eigenvalue weighted by molar-refractivity contribution is 6.00. The van der Waals surface area contributed by atoms with Crippen LogP contribution in [0.4, 0.5) is 5.69 Å². The van der Waals surface area contributed by atoms with E-state index in [0.717, 1.165) is 33.4 Å². The molecule has 0 fully saturated rings. The Morgan fingerprint density at radius 1 is 0.786 bits per heavy atom. The van der Waals surface area contributed by atoms with Gasteiger partial charge in [0.2, 0.25) is 0 Å². The van der Waals surface area contributed by atoms with Gasteiger partial charge in [0.25, 0.3) is 0 Å². The van der Waals surface area contributed by atoms with Gasteiger partial charge in [0.15, 0.2) is 0 Å². The highest BCUT2D eigenvalue weighted by Gasteiger charge is 2.35. The van der Waals surface area contributed by atoms with E-state index in [-0.39, 0.29) is 5.92 Å². The van der Waals surface area contributed by atoms with Crippen molar-refractivity contribution in [2.24, 2.45) is 0 Å². The third kappa shape index (κ3) is 2.44. The number of benzene rings is 2.